The number of hydrogen-bond donors (Lipinski definition) is 2. The number of nitrogens with one attached hydrogen (secondary N) is 1. The first-order valence-electron chi connectivity index (χ1n) is 10.5. The van der Waals surface area contributed by atoms with Crippen LogP contribution in [0.5, 0.6) is 0 Å². The second kappa shape index (κ2) is 10.0. The van der Waals surface area contributed by atoms with Crippen molar-refractivity contribution in [1.82, 2.24) is 5.32 Å². The van der Waals surface area contributed by atoms with Gasteiger partial charge in [0.2, 0.25) is 0 Å². The smallest absolute Gasteiger partial charge is 0.433 e. The van der Waals surface area contributed by atoms with Crippen LogP contribution < -0.4 is 11.1 Å². The van der Waals surface area contributed by atoms with Gasteiger partial charge in [-0.15, -0.1) is 0 Å². The van der Waals surface area contributed by atoms with Crippen molar-refractivity contribution in [2.45, 2.75) is 77.7 Å². The van der Waals surface area contributed by atoms with Crippen molar-refractivity contribution < 1.29 is 28.6 Å². The van der Waals surface area contributed by atoms with E-state index in [1.807, 2.05) is 0 Å². The number of ether oxygens (including phenoxy) is 3. The normalized spacial score (nSPS) is 21.2. The predicted molar refractivity (Wildman–Crippen MR) is 121 cm³/mol. The maximum Gasteiger partial charge on any atom is 0.433 e. The number of alkyl carbamates (subject to hydrolysis) is 1. The van der Waals surface area contributed by atoms with E-state index in [9.17, 15) is 14.4 Å². The van der Waals surface area contributed by atoms with Crippen molar-refractivity contribution in [3.8, 4) is 0 Å². The van der Waals surface area contributed by atoms with Crippen LogP contribution in [-0.4, -0.2) is 47.7 Å². The van der Waals surface area contributed by atoms with Gasteiger partial charge in [0.25, 0.3) is 0 Å². The van der Waals surface area contributed by atoms with E-state index in [-0.39, 0.29) is 12.0 Å². The minimum atomic E-state index is -0.732. The Kier molecular flexibility index (Phi) is 7.87. The van der Waals surface area contributed by atoms with Gasteiger partial charge in [0.1, 0.15) is 17.3 Å². The van der Waals surface area contributed by atoms with Crippen molar-refractivity contribution >= 4 is 30.1 Å². The molecule has 0 aromatic heterocycles. The number of nitrogen functional groups attached to an aromatic ring is 1. The fourth-order valence-corrected chi connectivity index (χ4v) is 3.19. The summed E-state index contributed by atoms with van der Waals surface area (Å²) in [6.45, 7) is 10.5. The van der Waals surface area contributed by atoms with Gasteiger partial charge >= 0.3 is 18.2 Å². The molecule has 2 amide bonds. The molecule has 9 heteroatoms. The Balaban J connectivity index is 2.10. The van der Waals surface area contributed by atoms with Gasteiger partial charge in [-0.25, -0.2) is 14.4 Å². The number of nitrogens with two attached hydrogens (primary N) is 1. The van der Waals surface area contributed by atoms with Crippen LogP contribution in [0.1, 0.15) is 64.7 Å². The standard InChI is InChI=1S/C23H33N3O6/c1-22(2,3)31-20(28)25-13-15-11-17(26-21(29)32-23(4,5)6)12-18(15)30-19(27)14-7-9-16(24)10-8-14/h7-10,13,15,17-18H,11-12,24H2,1-6H3,(H,26,29)/t15-,17-,18+/m1/s1. The summed E-state index contributed by atoms with van der Waals surface area (Å²) in [7, 11) is 0. The molecule has 1 aliphatic rings. The van der Waals surface area contributed by atoms with E-state index in [0.717, 1.165) is 0 Å². The number of hydrogen-bond acceptors (Lipinski definition) is 7. The van der Waals surface area contributed by atoms with Gasteiger partial charge in [-0.1, -0.05) is 0 Å². The lowest BCUT2D eigenvalue weighted by atomic mass is 10.1. The summed E-state index contributed by atoms with van der Waals surface area (Å²) in [6.07, 6.45) is 0.314. The second-order valence-electron chi connectivity index (χ2n) is 9.80. The number of anilines is 1. The number of amides is 2. The fraction of sp³-hybridized carbons (Fsp3) is 0.565. The average Bonchev–Trinajstić information content (AvgIpc) is 2.98. The summed E-state index contributed by atoms with van der Waals surface area (Å²) in [5.41, 5.74) is 5.24. The molecule has 9 nitrogen and oxygen atoms in total. The number of aliphatic imine (C=N–C) groups is 1. The SMILES string of the molecule is CC(C)(C)OC(=O)N=C[C@H]1C[C@@H](NC(=O)OC(C)(C)C)C[C@@H]1OC(=O)c1ccc(N)cc1. The third kappa shape index (κ3) is 8.56. The summed E-state index contributed by atoms with van der Waals surface area (Å²) in [5, 5.41) is 2.79. The van der Waals surface area contributed by atoms with Crippen LogP contribution in [0.15, 0.2) is 29.3 Å². The molecular formula is C23H33N3O6. The number of rotatable bonds is 4. The number of nitrogens with zero attached hydrogens (tertiary/aromatic N) is 1. The Morgan fingerprint density at radius 3 is 2.16 bits per heavy atom. The molecule has 3 atom stereocenters. The van der Waals surface area contributed by atoms with E-state index in [4.69, 9.17) is 19.9 Å². The van der Waals surface area contributed by atoms with Crippen molar-refractivity contribution in [1.29, 1.82) is 0 Å². The minimum absolute atomic E-state index is 0.316. The second-order valence-corrected chi connectivity index (χ2v) is 9.80. The Bertz CT molecular complexity index is 852. The third-order valence-corrected chi connectivity index (χ3v) is 4.44. The minimum Gasteiger partial charge on any atom is -0.458 e. The molecule has 1 saturated carbocycles. The zero-order valence-electron chi connectivity index (χ0n) is 19.5. The highest BCUT2D eigenvalue weighted by Crippen LogP contribution is 2.29. The van der Waals surface area contributed by atoms with E-state index < -0.39 is 35.5 Å². The molecule has 32 heavy (non-hydrogen) atoms. The van der Waals surface area contributed by atoms with E-state index in [1.165, 1.54) is 6.21 Å². The van der Waals surface area contributed by atoms with Gasteiger partial charge in [0.15, 0.2) is 0 Å². The fourth-order valence-electron chi connectivity index (χ4n) is 3.19. The molecule has 1 aromatic rings. The molecular weight excluding hydrogens is 414 g/mol. The van der Waals surface area contributed by atoms with Crippen molar-refractivity contribution in [3.05, 3.63) is 29.8 Å². The van der Waals surface area contributed by atoms with Gasteiger partial charge in [-0.3, -0.25) is 0 Å². The van der Waals surface area contributed by atoms with Crippen LogP contribution in [-0.2, 0) is 14.2 Å². The highest BCUT2D eigenvalue weighted by molar-refractivity contribution is 5.90. The summed E-state index contributed by atoms with van der Waals surface area (Å²) in [5.74, 6) is -0.913. The van der Waals surface area contributed by atoms with E-state index in [1.54, 1.807) is 65.8 Å². The van der Waals surface area contributed by atoms with E-state index >= 15 is 0 Å². The third-order valence-electron chi connectivity index (χ3n) is 4.44. The van der Waals surface area contributed by atoms with Crippen molar-refractivity contribution in [2.24, 2.45) is 10.9 Å². The number of esters is 1. The first kappa shape index (κ1) is 25.2. The maximum absolute atomic E-state index is 12.6. The van der Waals surface area contributed by atoms with Gasteiger partial charge < -0.3 is 25.3 Å². The highest BCUT2D eigenvalue weighted by atomic mass is 16.6. The molecule has 0 heterocycles. The lowest BCUT2D eigenvalue weighted by Crippen LogP contribution is -2.38. The van der Waals surface area contributed by atoms with Crippen molar-refractivity contribution in [3.63, 3.8) is 0 Å². The molecule has 1 aliphatic carbocycles. The lowest BCUT2D eigenvalue weighted by molar-refractivity contribution is 0.0267. The molecule has 0 saturated heterocycles. The quantitative estimate of drug-likeness (QED) is 0.307. The number of carbonyl (C=O) groups excluding carboxylic acids is 3. The van der Waals surface area contributed by atoms with Crippen LogP contribution in [0.25, 0.3) is 0 Å². The molecule has 0 unspecified atom stereocenters. The van der Waals surface area contributed by atoms with E-state index in [0.29, 0.717) is 24.1 Å². The zero-order valence-corrected chi connectivity index (χ0v) is 19.5. The van der Waals surface area contributed by atoms with Gasteiger partial charge in [0, 0.05) is 30.3 Å². The van der Waals surface area contributed by atoms with Crippen molar-refractivity contribution in [2.75, 3.05) is 5.73 Å². The molecule has 1 fully saturated rings. The van der Waals surface area contributed by atoms with Crippen LogP contribution in [0.3, 0.4) is 0 Å². The van der Waals surface area contributed by atoms with Gasteiger partial charge in [-0.05, 0) is 72.2 Å². The summed E-state index contributed by atoms with van der Waals surface area (Å²) in [6, 6.07) is 6.06. The Morgan fingerprint density at radius 1 is 1.00 bits per heavy atom. The maximum atomic E-state index is 12.6. The van der Waals surface area contributed by atoms with Gasteiger partial charge in [-0.2, -0.15) is 4.99 Å². The first-order valence-corrected chi connectivity index (χ1v) is 10.5. The lowest BCUT2D eigenvalue weighted by Gasteiger charge is -2.21. The Hall–Kier alpha value is -3.10. The van der Waals surface area contributed by atoms with E-state index in [2.05, 4.69) is 10.3 Å². The Labute approximate surface area is 188 Å². The zero-order chi connectivity index (χ0) is 24.1. The highest BCUT2D eigenvalue weighted by Gasteiger charge is 2.38. The molecule has 3 N–H and O–H groups in total. The number of carbonyl (C=O) groups is 3. The predicted octanol–water partition coefficient (Wildman–Crippen LogP) is 4.10. The molecule has 0 spiro atoms. The van der Waals surface area contributed by atoms with Crippen LogP contribution in [0.2, 0.25) is 0 Å². The topological polar surface area (TPSA) is 129 Å². The first-order chi connectivity index (χ1) is 14.7. The van der Waals surface area contributed by atoms with Gasteiger partial charge in [0.05, 0.1) is 5.56 Å². The summed E-state index contributed by atoms with van der Waals surface area (Å²) >= 11 is 0. The van der Waals surface area contributed by atoms with Crippen LogP contribution >= 0.6 is 0 Å². The molecule has 0 radical (unpaired) electrons. The summed E-state index contributed by atoms with van der Waals surface area (Å²) in [4.78, 5) is 40.6. The largest absolute Gasteiger partial charge is 0.458 e. The summed E-state index contributed by atoms with van der Waals surface area (Å²) < 4.78 is 16.2. The van der Waals surface area contributed by atoms with Crippen LogP contribution in [0, 0.1) is 5.92 Å². The molecule has 0 bridgehead atoms. The van der Waals surface area contributed by atoms with Crippen LogP contribution in [0.4, 0.5) is 15.3 Å². The average molecular weight is 448 g/mol. The Morgan fingerprint density at radius 2 is 1.59 bits per heavy atom. The monoisotopic (exact) mass is 447 g/mol. The molecule has 0 aliphatic heterocycles. The molecule has 2 rings (SSSR count). The molecule has 176 valence electrons. The molecule has 1 aromatic carbocycles. The number of benzene rings is 1.